The molecule has 1 aliphatic rings. The zero-order chi connectivity index (χ0) is 14.9. The van der Waals surface area contributed by atoms with E-state index in [4.69, 9.17) is 5.11 Å². The summed E-state index contributed by atoms with van der Waals surface area (Å²) in [5.41, 5.74) is -0.366. The third-order valence-corrected chi connectivity index (χ3v) is 4.65. The summed E-state index contributed by atoms with van der Waals surface area (Å²) in [6.07, 6.45) is 2.04. The van der Waals surface area contributed by atoms with Gasteiger partial charge in [0.1, 0.15) is 0 Å². The molecule has 2 rings (SSSR count). The zero-order valence-corrected chi connectivity index (χ0v) is 12.3. The number of likely N-dealkylation sites (tertiary alicyclic amines) is 1. The van der Waals surface area contributed by atoms with E-state index in [0.29, 0.717) is 23.4 Å². The van der Waals surface area contributed by atoms with Crippen molar-refractivity contribution < 1.29 is 18.9 Å². The molecule has 5 nitrogen and oxygen atoms in total. The summed E-state index contributed by atoms with van der Waals surface area (Å²) < 4.78 is 11.3. The lowest BCUT2D eigenvalue weighted by atomic mass is 9.90. The second kappa shape index (κ2) is 5.36. The summed E-state index contributed by atoms with van der Waals surface area (Å²) in [6, 6.07) is 6.59. The lowest BCUT2D eigenvalue weighted by Crippen LogP contribution is -2.34. The highest BCUT2D eigenvalue weighted by Crippen LogP contribution is 2.31. The van der Waals surface area contributed by atoms with Crippen LogP contribution >= 0.6 is 0 Å². The molecule has 1 N–H and O–H groups in total. The Balaban J connectivity index is 2.13. The fourth-order valence-electron chi connectivity index (χ4n) is 2.28. The SMILES string of the molecule is C[S@](=O)c1ccc(C(=O)N2CC[C@](C)(C(=O)O)C2)cc1. The minimum atomic E-state index is -1.07. The molecule has 1 amide bonds. The molecule has 0 spiro atoms. The highest BCUT2D eigenvalue weighted by molar-refractivity contribution is 7.84. The van der Waals surface area contributed by atoms with E-state index < -0.39 is 22.2 Å². The zero-order valence-electron chi connectivity index (χ0n) is 11.5. The molecule has 0 radical (unpaired) electrons. The molecular formula is C14H17NO4S. The fraction of sp³-hybridized carbons (Fsp3) is 0.429. The number of carboxylic acids is 1. The Bertz CT molecular complexity index is 569. The van der Waals surface area contributed by atoms with Gasteiger partial charge in [-0.2, -0.15) is 0 Å². The average Bonchev–Trinajstić information content (AvgIpc) is 2.82. The number of hydrogen-bond donors (Lipinski definition) is 1. The van der Waals surface area contributed by atoms with E-state index in [-0.39, 0.29) is 12.5 Å². The van der Waals surface area contributed by atoms with E-state index in [2.05, 4.69) is 0 Å². The van der Waals surface area contributed by atoms with Gasteiger partial charge in [-0.1, -0.05) is 0 Å². The van der Waals surface area contributed by atoms with Crippen molar-refractivity contribution >= 4 is 22.7 Å². The number of carbonyl (C=O) groups is 2. The number of rotatable bonds is 3. The van der Waals surface area contributed by atoms with Gasteiger partial charge in [-0.15, -0.1) is 0 Å². The van der Waals surface area contributed by atoms with Gasteiger partial charge in [-0.25, -0.2) is 0 Å². The average molecular weight is 295 g/mol. The molecule has 1 aromatic carbocycles. The van der Waals surface area contributed by atoms with Crippen molar-refractivity contribution in [3.63, 3.8) is 0 Å². The van der Waals surface area contributed by atoms with Crippen LogP contribution in [0.3, 0.4) is 0 Å². The molecule has 2 atom stereocenters. The van der Waals surface area contributed by atoms with Crippen molar-refractivity contribution in [1.82, 2.24) is 4.90 Å². The van der Waals surface area contributed by atoms with Crippen LogP contribution in [-0.2, 0) is 15.6 Å². The van der Waals surface area contributed by atoms with Crippen LogP contribution in [0.25, 0.3) is 0 Å². The predicted octanol–water partition coefficient (Wildman–Crippen LogP) is 1.36. The maximum Gasteiger partial charge on any atom is 0.311 e. The number of carbonyl (C=O) groups excluding carboxylic acids is 1. The molecular weight excluding hydrogens is 278 g/mol. The van der Waals surface area contributed by atoms with E-state index in [1.807, 2.05) is 0 Å². The van der Waals surface area contributed by atoms with Gasteiger partial charge in [0.05, 0.1) is 5.41 Å². The summed E-state index contributed by atoms with van der Waals surface area (Å²) in [6.45, 7) is 2.33. The maximum absolute atomic E-state index is 12.3. The first kappa shape index (κ1) is 14.7. The summed E-state index contributed by atoms with van der Waals surface area (Å²) in [7, 11) is -1.07. The van der Waals surface area contributed by atoms with Crippen molar-refractivity contribution in [3.8, 4) is 0 Å². The van der Waals surface area contributed by atoms with Gasteiger partial charge in [-0.05, 0) is 37.6 Å². The van der Waals surface area contributed by atoms with Gasteiger partial charge in [0, 0.05) is 40.6 Å². The molecule has 0 aliphatic carbocycles. The summed E-state index contributed by atoms with van der Waals surface area (Å²) in [5, 5.41) is 9.17. The monoisotopic (exact) mass is 295 g/mol. The minimum Gasteiger partial charge on any atom is -0.481 e. The molecule has 1 aromatic rings. The number of nitrogens with zero attached hydrogens (tertiary/aromatic N) is 1. The summed E-state index contributed by atoms with van der Waals surface area (Å²) in [5.74, 6) is -1.05. The predicted molar refractivity (Wildman–Crippen MR) is 75.0 cm³/mol. The van der Waals surface area contributed by atoms with E-state index >= 15 is 0 Å². The van der Waals surface area contributed by atoms with Crippen LogP contribution in [0.2, 0.25) is 0 Å². The fourth-order valence-corrected chi connectivity index (χ4v) is 2.80. The molecule has 1 saturated heterocycles. The summed E-state index contributed by atoms with van der Waals surface area (Å²) >= 11 is 0. The lowest BCUT2D eigenvalue weighted by molar-refractivity contribution is -0.147. The number of aliphatic carboxylic acids is 1. The van der Waals surface area contributed by atoms with E-state index in [1.54, 1.807) is 42.3 Å². The molecule has 1 heterocycles. The Morgan fingerprint density at radius 3 is 2.35 bits per heavy atom. The molecule has 6 heteroatoms. The Labute approximate surface area is 120 Å². The van der Waals surface area contributed by atoms with Crippen molar-refractivity contribution in [2.24, 2.45) is 5.41 Å². The molecule has 0 bridgehead atoms. The smallest absolute Gasteiger partial charge is 0.311 e. The third kappa shape index (κ3) is 2.75. The van der Waals surface area contributed by atoms with Crippen LogP contribution < -0.4 is 0 Å². The van der Waals surface area contributed by atoms with Gasteiger partial charge in [0.2, 0.25) is 0 Å². The van der Waals surface area contributed by atoms with Crippen molar-refractivity contribution in [3.05, 3.63) is 29.8 Å². The molecule has 1 fully saturated rings. The van der Waals surface area contributed by atoms with E-state index in [1.165, 1.54) is 0 Å². The van der Waals surface area contributed by atoms with Gasteiger partial charge in [-0.3, -0.25) is 13.8 Å². The standard InChI is InChI=1S/C14H17NO4S/c1-14(13(17)18)7-8-15(9-14)12(16)10-3-5-11(6-4-10)20(2)19/h3-6H,7-9H2,1-2H3,(H,17,18)/t14-,20-/m0/s1. The van der Waals surface area contributed by atoms with E-state index in [9.17, 15) is 13.8 Å². The van der Waals surface area contributed by atoms with Gasteiger partial charge in [0.25, 0.3) is 5.91 Å². The first-order valence-electron chi connectivity index (χ1n) is 6.30. The van der Waals surface area contributed by atoms with Crippen LogP contribution in [0.5, 0.6) is 0 Å². The molecule has 108 valence electrons. The second-order valence-electron chi connectivity index (χ2n) is 5.32. The number of benzene rings is 1. The maximum atomic E-state index is 12.3. The Morgan fingerprint density at radius 1 is 1.30 bits per heavy atom. The number of amides is 1. The number of hydrogen-bond acceptors (Lipinski definition) is 3. The van der Waals surface area contributed by atoms with Crippen LogP contribution in [0.15, 0.2) is 29.2 Å². The minimum absolute atomic E-state index is 0.177. The van der Waals surface area contributed by atoms with Gasteiger partial charge < -0.3 is 10.0 Å². The topological polar surface area (TPSA) is 74.7 Å². The van der Waals surface area contributed by atoms with Crippen LogP contribution in [-0.4, -0.2) is 45.4 Å². The van der Waals surface area contributed by atoms with Crippen LogP contribution in [0.4, 0.5) is 0 Å². The quantitative estimate of drug-likeness (QED) is 0.913. The van der Waals surface area contributed by atoms with Crippen molar-refractivity contribution in [2.45, 2.75) is 18.2 Å². The Hall–Kier alpha value is -1.69. The molecule has 0 aromatic heterocycles. The summed E-state index contributed by atoms with van der Waals surface area (Å²) in [4.78, 5) is 25.7. The lowest BCUT2D eigenvalue weighted by Gasteiger charge is -2.20. The third-order valence-electron chi connectivity index (χ3n) is 3.71. The van der Waals surface area contributed by atoms with Gasteiger partial charge >= 0.3 is 5.97 Å². The van der Waals surface area contributed by atoms with Crippen molar-refractivity contribution in [1.29, 1.82) is 0 Å². The van der Waals surface area contributed by atoms with E-state index in [0.717, 1.165) is 0 Å². The molecule has 20 heavy (non-hydrogen) atoms. The first-order chi connectivity index (χ1) is 9.33. The normalized spacial score (nSPS) is 23.6. The Kier molecular flexibility index (Phi) is 3.94. The molecule has 0 saturated carbocycles. The van der Waals surface area contributed by atoms with Crippen molar-refractivity contribution in [2.75, 3.05) is 19.3 Å². The van der Waals surface area contributed by atoms with Crippen LogP contribution in [0, 0.1) is 5.41 Å². The van der Waals surface area contributed by atoms with Crippen LogP contribution in [0.1, 0.15) is 23.7 Å². The molecule has 1 aliphatic heterocycles. The molecule has 0 unspecified atom stereocenters. The Morgan fingerprint density at radius 2 is 1.90 bits per heavy atom. The number of carboxylic acid groups (broad SMARTS) is 1. The van der Waals surface area contributed by atoms with Gasteiger partial charge in [0.15, 0.2) is 0 Å². The second-order valence-corrected chi connectivity index (χ2v) is 6.70. The largest absolute Gasteiger partial charge is 0.481 e. The highest BCUT2D eigenvalue weighted by atomic mass is 32.2. The highest BCUT2D eigenvalue weighted by Gasteiger charge is 2.42. The first-order valence-corrected chi connectivity index (χ1v) is 7.85.